The molecule has 0 saturated carbocycles. The van der Waals surface area contributed by atoms with E-state index in [1.165, 1.54) is 0 Å². The first kappa shape index (κ1) is 23.1. The van der Waals surface area contributed by atoms with Gasteiger partial charge in [0, 0.05) is 0 Å². The molecule has 0 heterocycles. The first-order chi connectivity index (χ1) is 6.25. The molecule has 7 heteroatoms. The molecule has 0 atom stereocenters. The molecule has 0 bridgehead atoms. The minimum absolute atomic E-state index is 3.00. The zero-order valence-corrected chi connectivity index (χ0v) is 8.36. The van der Waals surface area contributed by atoms with Crippen molar-refractivity contribution in [2.24, 2.45) is 0 Å². The van der Waals surface area contributed by atoms with Crippen LogP contribution in [-0.2, 0) is 10.1 Å². The Hall–Kier alpha value is -1.08. The second kappa shape index (κ2) is 11.9. The lowest BCUT2D eigenvalue weighted by atomic mass is 11.3. The van der Waals surface area contributed by atoms with Crippen LogP contribution in [0.4, 0.5) is 13.2 Å². The van der Waals surface area contributed by atoms with Gasteiger partial charge in [-0.15, -0.1) is 39.5 Å². The van der Waals surface area contributed by atoms with Gasteiger partial charge in [-0.2, -0.15) is 21.6 Å². The minimum Gasteiger partial charge on any atom is -0.279 e. The van der Waals surface area contributed by atoms with Crippen molar-refractivity contribution in [2.75, 3.05) is 0 Å². The van der Waals surface area contributed by atoms with Crippen molar-refractivity contribution in [2.45, 2.75) is 5.51 Å². The van der Waals surface area contributed by atoms with Crippen LogP contribution in [0.15, 0.2) is 39.5 Å². The Bertz CT molecular complexity index is 204. The number of alkyl halides is 3. The Labute approximate surface area is 82.0 Å². The molecule has 0 aromatic carbocycles. The topological polar surface area (TPSA) is 54.4 Å². The summed E-state index contributed by atoms with van der Waals surface area (Å²) in [7, 11) is -5.84. The molecule has 0 amide bonds. The molecule has 0 unspecified atom stereocenters. The quantitative estimate of drug-likeness (QED) is 0.398. The van der Waals surface area contributed by atoms with Gasteiger partial charge in [0.25, 0.3) is 0 Å². The van der Waals surface area contributed by atoms with E-state index in [-0.39, 0.29) is 0 Å². The first-order valence-corrected chi connectivity index (χ1v) is 4.23. The van der Waals surface area contributed by atoms with Gasteiger partial charge in [-0.05, 0) is 0 Å². The second-order valence-electron chi connectivity index (χ2n) is 0.921. The third-order valence-electron chi connectivity index (χ3n) is 0.292. The molecule has 0 aromatic heterocycles. The smallest absolute Gasteiger partial charge is 0.279 e. The lowest BCUT2D eigenvalue weighted by molar-refractivity contribution is -0.0510. The van der Waals surface area contributed by atoms with E-state index in [9.17, 15) is 13.2 Å². The molecule has 14 heavy (non-hydrogen) atoms. The molecule has 0 aromatic rings. The molecule has 0 spiro atoms. The van der Waals surface area contributed by atoms with Crippen molar-refractivity contribution in [1.29, 1.82) is 0 Å². The zero-order valence-electron chi connectivity index (χ0n) is 7.55. The Morgan fingerprint density at radius 1 is 0.857 bits per heavy atom. The van der Waals surface area contributed by atoms with Gasteiger partial charge in [-0.3, -0.25) is 4.55 Å². The molecular formula is C7H13F3O3S. The minimum atomic E-state index is -5.84. The van der Waals surface area contributed by atoms with Gasteiger partial charge in [0.05, 0.1) is 0 Å². The SMILES string of the molecule is C=C.C=C.C=C.O=S(=O)(O)C(F)(F)F. The van der Waals surface area contributed by atoms with Crippen molar-refractivity contribution in [3.8, 4) is 0 Å². The van der Waals surface area contributed by atoms with Gasteiger partial charge < -0.3 is 0 Å². The summed E-state index contributed by atoms with van der Waals surface area (Å²) >= 11 is 0. The average Bonchev–Trinajstić information content (AvgIpc) is 2.11. The van der Waals surface area contributed by atoms with Crippen LogP contribution < -0.4 is 0 Å². The molecule has 0 saturated heterocycles. The predicted molar refractivity (Wildman–Crippen MR) is 51.4 cm³/mol. The number of rotatable bonds is 0. The highest BCUT2D eigenvalue weighted by atomic mass is 32.2. The van der Waals surface area contributed by atoms with E-state index in [4.69, 9.17) is 13.0 Å². The molecule has 0 aliphatic rings. The maximum absolute atomic E-state index is 10.7. The van der Waals surface area contributed by atoms with Crippen molar-refractivity contribution < 1.29 is 26.1 Å². The molecule has 0 fully saturated rings. The van der Waals surface area contributed by atoms with Crippen LogP contribution >= 0.6 is 0 Å². The maximum atomic E-state index is 10.7. The van der Waals surface area contributed by atoms with Crippen LogP contribution in [0.2, 0.25) is 0 Å². The fourth-order valence-electron chi connectivity index (χ4n) is 0. The largest absolute Gasteiger partial charge is 0.522 e. The summed E-state index contributed by atoms with van der Waals surface area (Å²) in [5.74, 6) is 0. The van der Waals surface area contributed by atoms with Gasteiger partial charge in [-0.1, -0.05) is 0 Å². The van der Waals surface area contributed by atoms with Crippen LogP contribution in [0.1, 0.15) is 0 Å². The Morgan fingerprint density at radius 3 is 0.929 bits per heavy atom. The van der Waals surface area contributed by atoms with Crippen LogP contribution in [-0.4, -0.2) is 18.5 Å². The predicted octanol–water partition coefficient (Wildman–Crippen LogP) is 2.80. The molecule has 1 N–H and O–H groups in total. The molecule has 0 aliphatic carbocycles. The summed E-state index contributed by atoms with van der Waals surface area (Å²) < 4.78 is 57.5. The van der Waals surface area contributed by atoms with Crippen LogP contribution in [0.5, 0.6) is 0 Å². The van der Waals surface area contributed by atoms with Crippen molar-refractivity contribution >= 4 is 10.1 Å². The number of hydrogen-bond acceptors (Lipinski definition) is 2. The van der Waals surface area contributed by atoms with Gasteiger partial charge in [-0.25, -0.2) is 0 Å². The monoisotopic (exact) mass is 234 g/mol. The van der Waals surface area contributed by atoms with Gasteiger partial charge in [0.15, 0.2) is 0 Å². The molecule has 86 valence electrons. The fraction of sp³-hybridized carbons (Fsp3) is 0.143. The summed E-state index contributed by atoms with van der Waals surface area (Å²) in [6.07, 6.45) is 0. The highest BCUT2D eigenvalue weighted by molar-refractivity contribution is 7.86. The number of halogens is 3. The molecule has 0 aliphatic heterocycles. The molecule has 3 nitrogen and oxygen atoms in total. The Kier molecular flexibility index (Phi) is 19.6. The summed E-state index contributed by atoms with van der Waals surface area (Å²) in [4.78, 5) is 0. The Morgan fingerprint density at radius 2 is 0.929 bits per heavy atom. The van der Waals surface area contributed by atoms with Crippen LogP contribution in [0.3, 0.4) is 0 Å². The van der Waals surface area contributed by atoms with E-state index in [0.717, 1.165) is 0 Å². The van der Waals surface area contributed by atoms with E-state index >= 15 is 0 Å². The van der Waals surface area contributed by atoms with Crippen molar-refractivity contribution in [3.05, 3.63) is 39.5 Å². The summed E-state index contributed by atoms with van der Waals surface area (Å²) in [5, 5.41) is 0. The highest BCUT2D eigenvalue weighted by Crippen LogP contribution is 2.20. The van der Waals surface area contributed by atoms with Crippen LogP contribution in [0, 0.1) is 0 Å². The van der Waals surface area contributed by atoms with Crippen molar-refractivity contribution in [1.82, 2.24) is 0 Å². The first-order valence-electron chi connectivity index (χ1n) is 2.79. The van der Waals surface area contributed by atoms with Crippen LogP contribution in [0.25, 0.3) is 0 Å². The van der Waals surface area contributed by atoms with Gasteiger partial charge >= 0.3 is 15.6 Å². The lowest BCUT2D eigenvalue weighted by Crippen LogP contribution is -2.21. The van der Waals surface area contributed by atoms with Crippen molar-refractivity contribution in [3.63, 3.8) is 0 Å². The third kappa shape index (κ3) is 17.1. The zero-order chi connectivity index (χ0) is 13.0. The molecule has 0 radical (unpaired) electrons. The Balaban J connectivity index is -0.0000000708. The van der Waals surface area contributed by atoms with E-state index in [2.05, 4.69) is 39.5 Å². The molecule has 0 rings (SSSR count). The van der Waals surface area contributed by atoms with E-state index in [1.54, 1.807) is 0 Å². The fourth-order valence-corrected chi connectivity index (χ4v) is 0. The molecular weight excluding hydrogens is 221 g/mol. The lowest BCUT2D eigenvalue weighted by Gasteiger charge is -1.97. The second-order valence-corrected chi connectivity index (χ2v) is 2.33. The average molecular weight is 234 g/mol. The van der Waals surface area contributed by atoms with E-state index < -0.39 is 15.6 Å². The van der Waals surface area contributed by atoms with Gasteiger partial charge in [0.2, 0.25) is 0 Å². The third-order valence-corrected chi connectivity index (χ3v) is 0.877. The number of hydrogen-bond donors (Lipinski definition) is 1. The van der Waals surface area contributed by atoms with Gasteiger partial charge in [0.1, 0.15) is 0 Å². The highest BCUT2D eigenvalue weighted by Gasteiger charge is 2.44. The summed E-state index contributed by atoms with van der Waals surface area (Å²) in [6, 6.07) is 0. The maximum Gasteiger partial charge on any atom is 0.522 e. The van der Waals surface area contributed by atoms with E-state index in [1.807, 2.05) is 0 Å². The normalized spacial score (nSPS) is 8.86. The van der Waals surface area contributed by atoms with E-state index in [0.29, 0.717) is 0 Å². The standard InChI is InChI=1S/3C2H4.CHF3O3S/c3*1-2;2-1(3,4)8(5,6)7/h3*1-2H2;(H,5,6,7). The summed E-state index contributed by atoms with van der Waals surface area (Å²) in [6.45, 7) is 18.0. The summed E-state index contributed by atoms with van der Waals surface area (Å²) in [5.41, 5.74) is -5.53.